The highest BCUT2D eigenvalue weighted by molar-refractivity contribution is 6.33. The van der Waals surface area contributed by atoms with E-state index in [9.17, 15) is 14.0 Å². The Morgan fingerprint density at radius 2 is 1.88 bits per heavy atom. The van der Waals surface area contributed by atoms with Crippen molar-refractivity contribution in [3.05, 3.63) is 58.9 Å². The van der Waals surface area contributed by atoms with Crippen LogP contribution in [0.1, 0.15) is 18.9 Å². The number of halogens is 2. The molecule has 0 aliphatic rings. The number of amides is 1. The lowest BCUT2D eigenvalue weighted by Gasteiger charge is -2.14. The van der Waals surface area contributed by atoms with Gasteiger partial charge in [0, 0.05) is 0 Å². The van der Waals surface area contributed by atoms with Crippen LogP contribution in [0.15, 0.2) is 42.5 Å². The molecule has 0 saturated heterocycles. The summed E-state index contributed by atoms with van der Waals surface area (Å²) in [6.45, 7) is 3.54. The molecule has 2 aromatic carbocycles. The van der Waals surface area contributed by atoms with Gasteiger partial charge in [-0.3, -0.25) is 9.59 Å². The molecule has 138 valence electrons. The maximum absolute atomic E-state index is 13.0. The average Bonchev–Trinajstić information content (AvgIpc) is 2.59. The van der Waals surface area contributed by atoms with Gasteiger partial charge in [-0.05, 0) is 44.2 Å². The predicted octanol–water partition coefficient (Wildman–Crippen LogP) is 4.13. The first-order valence-corrected chi connectivity index (χ1v) is 8.38. The number of carbonyl (C=O) groups excluding carboxylic acids is 2. The first kappa shape index (κ1) is 19.7. The number of aryl methyl sites for hydroxylation is 1. The zero-order chi connectivity index (χ0) is 19.1. The molecule has 0 spiro atoms. The molecule has 0 bridgehead atoms. The summed E-state index contributed by atoms with van der Waals surface area (Å²) in [7, 11) is 0. The summed E-state index contributed by atoms with van der Waals surface area (Å²) in [6, 6.07) is 11.0. The number of rotatable bonds is 7. The molecular formula is C19H19ClFNO4. The zero-order valence-electron chi connectivity index (χ0n) is 14.4. The quantitative estimate of drug-likeness (QED) is 0.735. The molecule has 0 fully saturated rings. The van der Waals surface area contributed by atoms with E-state index in [1.807, 2.05) is 31.2 Å². The largest absolute Gasteiger partial charge is 0.493 e. The molecule has 0 saturated carbocycles. The van der Waals surface area contributed by atoms with Crippen LogP contribution in [0, 0.1) is 12.7 Å². The second-order valence-corrected chi connectivity index (χ2v) is 6.06. The lowest BCUT2D eigenvalue weighted by atomic mass is 10.2. The van der Waals surface area contributed by atoms with Crippen molar-refractivity contribution in [1.29, 1.82) is 0 Å². The molecule has 5 nitrogen and oxygen atoms in total. The molecule has 7 heteroatoms. The van der Waals surface area contributed by atoms with Crippen molar-refractivity contribution in [1.82, 2.24) is 0 Å². The van der Waals surface area contributed by atoms with E-state index in [0.29, 0.717) is 5.75 Å². The summed E-state index contributed by atoms with van der Waals surface area (Å²) in [5.41, 5.74) is 1.35. The lowest BCUT2D eigenvalue weighted by Crippen LogP contribution is -2.30. The van der Waals surface area contributed by atoms with Crippen LogP contribution in [0.3, 0.4) is 0 Å². The normalized spacial score (nSPS) is 11.5. The molecule has 0 aromatic heterocycles. The topological polar surface area (TPSA) is 64.6 Å². The number of hydrogen-bond acceptors (Lipinski definition) is 4. The van der Waals surface area contributed by atoms with E-state index in [2.05, 4.69) is 5.32 Å². The molecule has 0 aliphatic carbocycles. The van der Waals surface area contributed by atoms with E-state index in [1.165, 1.54) is 19.1 Å². The summed E-state index contributed by atoms with van der Waals surface area (Å²) >= 11 is 5.84. The molecule has 26 heavy (non-hydrogen) atoms. The molecule has 2 aromatic rings. The zero-order valence-corrected chi connectivity index (χ0v) is 15.2. The minimum Gasteiger partial charge on any atom is -0.493 e. The fraction of sp³-hybridized carbons (Fsp3) is 0.263. The predicted molar refractivity (Wildman–Crippen MR) is 96.9 cm³/mol. The van der Waals surface area contributed by atoms with Crippen molar-refractivity contribution in [2.75, 3.05) is 11.9 Å². The maximum Gasteiger partial charge on any atom is 0.310 e. The highest BCUT2D eigenvalue weighted by Gasteiger charge is 2.19. The molecular weight excluding hydrogens is 361 g/mol. The third-order valence-corrected chi connectivity index (χ3v) is 3.78. The van der Waals surface area contributed by atoms with Crippen molar-refractivity contribution in [2.24, 2.45) is 0 Å². The number of hydrogen-bond donors (Lipinski definition) is 1. The van der Waals surface area contributed by atoms with Crippen molar-refractivity contribution in [3.8, 4) is 5.75 Å². The van der Waals surface area contributed by atoms with Gasteiger partial charge in [0.05, 0.1) is 23.7 Å². The van der Waals surface area contributed by atoms with E-state index in [4.69, 9.17) is 21.1 Å². The van der Waals surface area contributed by atoms with Crippen LogP contribution in [-0.4, -0.2) is 24.6 Å². The Kier molecular flexibility index (Phi) is 6.97. The van der Waals surface area contributed by atoms with Crippen molar-refractivity contribution in [3.63, 3.8) is 0 Å². The van der Waals surface area contributed by atoms with Crippen molar-refractivity contribution >= 4 is 29.2 Å². The Balaban J connectivity index is 1.76. The average molecular weight is 380 g/mol. The highest BCUT2D eigenvalue weighted by Crippen LogP contribution is 2.22. The van der Waals surface area contributed by atoms with Crippen LogP contribution in [0.25, 0.3) is 0 Å². The van der Waals surface area contributed by atoms with E-state index >= 15 is 0 Å². The van der Waals surface area contributed by atoms with Crippen molar-refractivity contribution < 1.29 is 23.5 Å². The van der Waals surface area contributed by atoms with Gasteiger partial charge < -0.3 is 14.8 Å². The number of anilines is 1. The molecule has 1 amide bonds. The second kappa shape index (κ2) is 9.20. The standard InChI is InChI=1S/C19H19ClFNO4/c1-12-3-6-15(7-4-12)25-10-9-18(23)26-13(2)19(24)22-17-8-5-14(21)11-16(17)20/h3-8,11,13H,9-10H2,1-2H3,(H,22,24)/t13-/m1/s1. The van der Waals surface area contributed by atoms with E-state index in [-0.39, 0.29) is 23.7 Å². The van der Waals surface area contributed by atoms with Crippen molar-refractivity contribution in [2.45, 2.75) is 26.4 Å². The molecule has 0 heterocycles. The fourth-order valence-corrected chi connectivity index (χ4v) is 2.24. The molecule has 0 radical (unpaired) electrons. The summed E-state index contributed by atoms with van der Waals surface area (Å²) < 4.78 is 23.5. The van der Waals surface area contributed by atoms with Crippen LogP contribution < -0.4 is 10.1 Å². The van der Waals surface area contributed by atoms with Gasteiger partial charge in [0.25, 0.3) is 5.91 Å². The molecule has 1 atom stereocenters. The fourth-order valence-electron chi connectivity index (χ4n) is 2.02. The third kappa shape index (κ3) is 6.04. The van der Waals surface area contributed by atoms with Gasteiger partial charge in [-0.25, -0.2) is 4.39 Å². The van der Waals surface area contributed by atoms with E-state index in [1.54, 1.807) is 0 Å². The van der Waals surface area contributed by atoms with Crippen LogP contribution >= 0.6 is 11.6 Å². The van der Waals surface area contributed by atoms with Gasteiger partial charge in [0.2, 0.25) is 0 Å². The highest BCUT2D eigenvalue weighted by atomic mass is 35.5. The van der Waals surface area contributed by atoms with Gasteiger partial charge in [-0.15, -0.1) is 0 Å². The number of ether oxygens (including phenoxy) is 2. The SMILES string of the molecule is Cc1ccc(OCCC(=O)O[C@H](C)C(=O)Nc2ccc(F)cc2Cl)cc1. The summed E-state index contributed by atoms with van der Waals surface area (Å²) in [6.07, 6.45) is -1.02. The van der Waals surface area contributed by atoms with Gasteiger partial charge in [0.1, 0.15) is 11.6 Å². The minimum absolute atomic E-state index is 0.00278. The second-order valence-electron chi connectivity index (χ2n) is 5.66. The first-order valence-electron chi connectivity index (χ1n) is 8.00. The van der Waals surface area contributed by atoms with Crippen LogP contribution in [0.4, 0.5) is 10.1 Å². The number of benzene rings is 2. The Morgan fingerprint density at radius 1 is 1.19 bits per heavy atom. The Bertz CT molecular complexity index is 780. The number of nitrogens with one attached hydrogen (secondary N) is 1. The van der Waals surface area contributed by atoms with Gasteiger partial charge in [-0.1, -0.05) is 29.3 Å². The Hall–Kier alpha value is -2.60. The van der Waals surface area contributed by atoms with Gasteiger partial charge in [-0.2, -0.15) is 0 Å². The monoisotopic (exact) mass is 379 g/mol. The first-order chi connectivity index (χ1) is 12.3. The van der Waals surface area contributed by atoms with Gasteiger partial charge in [0.15, 0.2) is 6.10 Å². The summed E-state index contributed by atoms with van der Waals surface area (Å²) in [5, 5.41) is 2.54. The minimum atomic E-state index is -1.03. The smallest absolute Gasteiger partial charge is 0.310 e. The molecule has 0 aliphatic heterocycles. The summed E-state index contributed by atoms with van der Waals surface area (Å²) in [4.78, 5) is 23.8. The van der Waals surface area contributed by atoms with E-state index < -0.39 is 23.8 Å². The van der Waals surface area contributed by atoms with E-state index in [0.717, 1.165) is 11.6 Å². The Labute approximate surface area is 156 Å². The van der Waals surface area contributed by atoms with Gasteiger partial charge >= 0.3 is 5.97 Å². The third-order valence-electron chi connectivity index (χ3n) is 3.46. The molecule has 2 rings (SSSR count). The van der Waals surface area contributed by atoms with Crippen LogP contribution in [0.2, 0.25) is 5.02 Å². The van der Waals surface area contributed by atoms with Crippen LogP contribution in [-0.2, 0) is 14.3 Å². The number of esters is 1. The van der Waals surface area contributed by atoms with Crippen LogP contribution in [0.5, 0.6) is 5.75 Å². The Morgan fingerprint density at radius 3 is 2.54 bits per heavy atom. The molecule has 0 unspecified atom stereocenters. The number of carbonyl (C=O) groups is 2. The maximum atomic E-state index is 13.0. The summed E-state index contributed by atoms with van der Waals surface area (Å²) in [5.74, 6) is -0.988. The molecule has 1 N–H and O–H groups in total. The lowest BCUT2D eigenvalue weighted by molar-refractivity contribution is -0.153.